The summed E-state index contributed by atoms with van der Waals surface area (Å²) in [7, 11) is 1.64. The van der Waals surface area contributed by atoms with Crippen molar-refractivity contribution in [3.8, 4) is 17.2 Å². The highest BCUT2D eigenvalue weighted by molar-refractivity contribution is 6.02. The van der Waals surface area contributed by atoms with Gasteiger partial charge in [0.15, 0.2) is 11.5 Å². The number of carbonyl (C=O) groups excluding carboxylic acids is 3. The van der Waals surface area contributed by atoms with Crippen LogP contribution >= 0.6 is 0 Å². The first kappa shape index (κ1) is 30.4. The first-order valence-corrected chi connectivity index (χ1v) is 14.1. The van der Waals surface area contributed by atoms with Gasteiger partial charge in [0.1, 0.15) is 17.7 Å². The number of hydrogen-bond acceptors (Lipinski definition) is 7. The van der Waals surface area contributed by atoms with Gasteiger partial charge in [-0.05, 0) is 61.5 Å². The smallest absolute Gasteiger partial charge is 0.323 e. The van der Waals surface area contributed by atoms with Crippen molar-refractivity contribution in [3.63, 3.8) is 0 Å². The zero-order chi connectivity index (χ0) is 31.4. The van der Waals surface area contributed by atoms with Crippen LogP contribution in [-0.2, 0) is 0 Å². The number of hydrogen-bond donors (Lipinski definition) is 4. The molecule has 13 heteroatoms. The predicted molar refractivity (Wildman–Crippen MR) is 161 cm³/mol. The number of halogens is 1. The average Bonchev–Trinajstić information content (AvgIpc) is 3.48. The number of aliphatic hydroxyl groups is 1. The van der Waals surface area contributed by atoms with E-state index in [9.17, 15) is 23.9 Å². The number of urea groups is 2. The molecule has 12 nitrogen and oxygen atoms in total. The van der Waals surface area contributed by atoms with Gasteiger partial charge in [0.25, 0.3) is 5.91 Å². The lowest BCUT2D eigenvalue weighted by Crippen LogP contribution is -2.50. The maximum Gasteiger partial charge on any atom is 0.323 e. The number of ether oxygens (including phenoxy) is 3. The van der Waals surface area contributed by atoms with Crippen molar-refractivity contribution in [2.75, 3.05) is 49.5 Å². The summed E-state index contributed by atoms with van der Waals surface area (Å²) in [5.74, 6) is 0.403. The molecular formula is C31H34FN5O7. The van der Waals surface area contributed by atoms with Crippen LogP contribution < -0.4 is 30.2 Å². The van der Waals surface area contributed by atoms with E-state index < -0.39 is 24.0 Å². The second kappa shape index (κ2) is 13.1. The van der Waals surface area contributed by atoms with Gasteiger partial charge >= 0.3 is 12.1 Å². The van der Waals surface area contributed by atoms with Crippen LogP contribution in [0.3, 0.4) is 0 Å². The molecule has 0 saturated heterocycles. The third-order valence-electron chi connectivity index (χ3n) is 7.45. The van der Waals surface area contributed by atoms with Gasteiger partial charge in [-0.1, -0.05) is 6.92 Å². The molecule has 5 rings (SSSR count). The van der Waals surface area contributed by atoms with Crippen molar-refractivity contribution in [2.45, 2.75) is 26.0 Å². The van der Waals surface area contributed by atoms with E-state index in [1.807, 2.05) is 6.92 Å². The zero-order valence-corrected chi connectivity index (χ0v) is 24.5. The van der Waals surface area contributed by atoms with Crippen LogP contribution in [0.5, 0.6) is 17.2 Å². The molecule has 3 atom stereocenters. The Morgan fingerprint density at radius 2 is 1.61 bits per heavy atom. The van der Waals surface area contributed by atoms with Crippen LogP contribution in [0.1, 0.15) is 24.2 Å². The van der Waals surface area contributed by atoms with E-state index in [-0.39, 0.29) is 55.7 Å². The molecule has 5 amide bonds. The van der Waals surface area contributed by atoms with Gasteiger partial charge in [0.05, 0.1) is 24.8 Å². The number of nitrogens with one attached hydrogen (secondary N) is 3. The Kier molecular flexibility index (Phi) is 9.04. The Morgan fingerprint density at radius 3 is 2.34 bits per heavy atom. The lowest BCUT2D eigenvalue weighted by Gasteiger charge is -2.38. The number of likely N-dealkylation sites (N-methyl/N-ethyl adjacent to an activating group) is 1. The monoisotopic (exact) mass is 607 g/mol. The fourth-order valence-corrected chi connectivity index (χ4v) is 4.89. The molecule has 2 heterocycles. The molecular weight excluding hydrogens is 573 g/mol. The molecule has 44 heavy (non-hydrogen) atoms. The normalized spacial score (nSPS) is 17.8. The number of rotatable bonds is 7. The first-order valence-electron chi connectivity index (χ1n) is 14.1. The predicted octanol–water partition coefficient (Wildman–Crippen LogP) is 4.58. The summed E-state index contributed by atoms with van der Waals surface area (Å²) in [6.07, 6.45) is -0.525. The van der Waals surface area contributed by atoms with Crippen LogP contribution in [-0.4, -0.2) is 78.6 Å². The van der Waals surface area contributed by atoms with Gasteiger partial charge in [0, 0.05) is 42.6 Å². The van der Waals surface area contributed by atoms with Crippen LogP contribution in [0, 0.1) is 11.7 Å². The number of fused-ring (bicyclic) bond motifs is 2. The minimum absolute atomic E-state index is 0.125. The summed E-state index contributed by atoms with van der Waals surface area (Å²) in [6, 6.07) is 13.7. The fourth-order valence-electron chi connectivity index (χ4n) is 4.89. The standard InChI is InChI=1S/C31H34FN5O7/c1-18-14-37(19(2)16-38)29(39)24-12-22(34-30(40)33-21-6-4-20(32)5-7-21)8-10-25(24)44-28(18)15-36(3)31(41)35-23-9-11-26-27(13-23)43-17-42-26/h4-13,18-19,28,38H,14-17H2,1-3H3,(H,35,41)(H2,33,34,40)/t18-,19-,28-/m1/s1. The van der Waals surface area contributed by atoms with Gasteiger partial charge in [-0.25, -0.2) is 14.0 Å². The topological polar surface area (TPSA) is 142 Å². The van der Waals surface area contributed by atoms with Crippen LogP contribution in [0.25, 0.3) is 0 Å². The van der Waals surface area contributed by atoms with Crippen molar-refractivity contribution >= 4 is 35.0 Å². The molecule has 0 aliphatic carbocycles. The third-order valence-corrected chi connectivity index (χ3v) is 7.45. The Balaban J connectivity index is 1.33. The minimum Gasteiger partial charge on any atom is -0.487 e. The minimum atomic E-state index is -0.585. The van der Waals surface area contributed by atoms with Crippen molar-refractivity contribution in [2.24, 2.45) is 5.92 Å². The van der Waals surface area contributed by atoms with Crippen LogP contribution in [0.4, 0.5) is 31.0 Å². The largest absolute Gasteiger partial charge is 0.487 e. The number of anilines is 3. The molecule has 2 aliphatic rings. The molecule has 0 radical (unpaired) electrons. The molecule has 232 valence electrons. The molecule has 3 aromatic carbocycles. The Bertz CT molecular complexity index is 1540. The maximum atomic E-state index is 13.7. The highest BCUT2D eigenvalue weighted by Crippen LogP contribution is 2.34. The summed E-state index contributed by atoms with van der Waals surface area (Å²) in [4.78, 5) is 42.4. The number of amides is 5. The lowest BCUT2D eigenvalue weighted by atomic mass is 9.99. The van der Waals surface area contributed by atoms with Gasteiger partial charge in [-0.2, -0.15) is 0 Å². The van der Waals surface area contributed by atoms with Gasteiger partial charge in [-0.3, -0.25) is 4.79 Å². The molecule has 4 N–H and O–H groups in total. The lowest BCUT2D eigenvalue weighted by molar-refractivity contribution is 0.0371. The number of nitrogens with zero attached hydrogens (tertiary/aromatic N) is 2. The molecule has 0 unspecified atom stereocenters. The van der Waals surface area contributed by atoms with E-state index in [2.05, 4.69) is 16.0 Å². The maximum absolute atomic E-state index is 13.7. The summed E-state index contributed by atoms with van der Waals surface area (Å²) >= 11 is 0. The van der Waals surface area contributed by atoms with E-state index >= 15 is 0 Å². The van der Waals surface area contributed by atoms with Gasteiger partial charge < -0.3 is 45.1 Å². The third kappa shape index (κ3) is 6.94. The highest BCUT2D eigenvalue weighted by atomic mass is 19.1. The van der Waals surface area contributed by atoms with Crippen molar-refractivity contribution in [1.82, 2.24) is 9.80 Å². The van der Waals surface area contributed by atoms with E-state index in [0.29, 0.717) is 28.6 Å². The van der Waals surface area contributed by atoms with E-state index in [1.54, 1.807) is 49.2 Å². The molecule has 3 aromatic rings. The van der Waals surface area contributed by atoms with Crippen LogP contribution in [0.15, 0.2) is 60.7 Å². The Hall–Kier alpha value is -5.04. The van der Waals surface area contributed by atoms with Gasteiger partial charge in [-0.15, -0.1) is 0 Å². The molecule has 0 fully saturated rings. The fraction of sp³-hybridized carbons (Fsp3) is 0.323. The quantitative estimate of drug-likeness (QED) is 0.308. The van der Waals surface area contributed by atoms with E-state index in [1.165, 1.54) is 35.2 Å². The second-order valence-electron chi connectivity index (χ2n) is 10.8. The molecule has 0 bridgehead atoms. The number of carbonyl (C=O) groups is 3. The van der Waals surface area contributed by atoms with E-state index in [0.717, 1.165) is 0 Å². The second-order valence-corrected chi connectivity index (χ2v) is 10.8. The van der Waals surface area contributed by atoms with E-state index in [4.69, 9.17) is 14.2 Å². The molecule has 0 aromatic heterocycles. The number of aliphatic hydroxyl groups excluding tert-OH is 1. The zero-order valence-electron chi connectivity index (χ0n) is 24.5. The summed E-state index contributed by atoms with van der Waals surface area (Å²) in [5, 5.41) is 18.1. The highest BCUT2D eigenvalue weighted by Gasteiger charge is 2.34. The Labute approximate surface area is 253 Å². The van der Waals surface area contributed by atoms with Crippen LogP contribution in [0.2, 0.25) is 0 Å². The average molecular weight is 608 g/mol. The number of benzene rings is 3. The van der Waals surface area contributed by atoms with Crippen molar-refractivity contribution in [1.29, 1.82) is 0 Å². The summed E-state index contributed by atoms with van der Waals surface area (Å²) in [6.45, 7) is 3.97. The summed E-state index contributed by atoms with van der Waals surface area (Å²) in [5.41, 5.74) is 1.44. The SMILES string of the molecule is C[C@@H]1CN([C@H](C)CO)C(=O)c2cc(NC(=O)Nc3ccc(F)cc3)ccc2O[C@@H]1CN(C)C(=O)Nc1ccc2c(c1)OCO2. The Morgan fingerprint density at radius 1 is 0.977 bits per heavy atom. The molecule has 0 spiro atoms. The van der Waals surface area contributed by atoms with Crippen molar-refractivity contribution < 1.29 is 38.1 Å². The van der Waals surface area contributed by atoms with Crippen molar-refractivity contribution in [3.05, 3.63) is 72.0 Å². The molecule has 0 saturated carbocycles. The molecule has 2 aliphatic heterocycles. The summed E-state index contributed by atoms with van der Waals surface area (Å²) < 4.78 is 30.3. The van der Waals surface area contributed by atoms with Gasteiger partial charge in [0.2, 0.25) is 6.79 Å². The first-order chi connectivity index (χ1) is 21.1.